The van der Waals surface area contributed by atoms with Gasteiger partial charge in [-0.25, -0.2) is 5.43 Å². The predicted octanol–water partition coefficient (Wildman–Crippen LogP) is -1.80. The summed E-state index contributed by atoms with van der Waals surface area (Å²) in [5.41, 5.74) is 62.2. The number of rotatable bonds is 38. The van der Waals surface area contributed by atoms with E-state index in [-0.39, 0.29) is 163 Å². The van der Waals surface area contributed by atoms with Gasteiger partial charge in [0.2, 0.25) is 29.5 Å². The molecule has 35 heteroatoms. The molecule has 0 aromatic heterocycles. The molecule has 0 unspecified atom stereocenters. The summed E-state index contributed by atoms with van der Waals surface area (Å²) in [6, 6.07) is 11.7. The van der Waals surface area contributed by atoms with Crippen LogP contribution in [0.25, 0.3) is 0 Å². The molecule has 29 N–H and O–H groups in total. The number of aliphatic imine (C=N–C) groups is 4. The highest BCUT2D eigenvalue weighted by molar-refractivity contribution is 6.06. The molecule has 4 aromatic rings. The van der Waals surface area contributed by atoms with Gasteiger partial charge in [0.25, 0.3) is 17.7 Å². The van der Waals surface area contributed by atoms with Crippen LogP contribution in [0.5, 0.6) is 23.0 Å². The minimum Gasteiger partial charge on any atom is -0.496 e. The van der Waals surface area contributed by atoms with Crippen molar-refractivity contribution in [3.05, 3.63) is 89.5 Å². The largest absolute Gasteiger partial charge is 0.496 e. The molecule has 4 aromatic carbocycles. The molecule has 5 atom stereocenters. The van der Waals surface area contributed by atoms with Gasteiger partial charge in [0, 0.05) is 48.9 Å². The molecule has 0 aliphatic carbocycles. The summed E-state index contributed by atoms with van der Waals surface area (Å²) < 4.78 is 21.7. The molecular formula is C58H85N23O12. The Hall–Kier alpha value is -11.4. The number of primary amides is 1. The van der Waals surface area contributed by atoms with Gasteiger partial charge in [0.1, 0.15) is 47.2 Å². The maximum absolute atomic E-state index is 14.2. The normalized spacial score (nSPS) is 12.2. The lowest BCUT2D eigenvalue weighted by molar-refractivity contribution is -0.127. The van der Waals surface area contributed by atoms with Gasteiger partial charge in [-0.3, -0.25) is 58.3 Å². The SMILES string of the molecule is COc1ccc(NC(=O)[C@@H](CCCN=C(N)N)NC(=O)c2cc(NC(=O)[C@H](N)CCCN=C(N)N)ccc2OC)cc1NN[C@@H](C)C(=O)N[C@H](CCCN=C(N)N)C(=O)Nc1ccc(OC)c(C(=O)N[C@H](CCCN=C(N)N)C(=O)Nc2ccc(OC)c(C(N)=O)c2)c1. The van der Waals surface area contributed by atoms with E-state index in [1.165, 1.54) is 108 Å². The Balaban J connectivity index is 1.52. The molecule has 0 aliphatic rings. The van der Waals surface area contributed by atoms with Crippen molar-refractivity contribution in [2.45, 2.75) is 88.5 Å². The third kappa shape index (κ3) is 24.9. The molecule has 0 fully saturated rings. The molecule has 0 saturated carbocycles. The smallest absolute Gasteiger partial charge is 0.255 e. The lowest BCUT2D eigenvalue weighted by Crippen LogP contribution is -2.51. The number of nitrogens with one attached hydrogen (secondary N) is 9. The number of nitrogens with two attached hydrogens (primary N) is 10. The summed E-state index contributed by atoms with van der Waals surface area (Å²) in [6.45, 7) is 2.10. The molecule has 0 aliphatic heterocycles. The second-order valence-corrected chi connectivity index (χ2v) is 20.5. The van der Waals surface area contributed by atoms with Crippen molar-refractivity contribution < 1.29 is 57.3 Å². The number of hydrogen-bond donors (Lipinski definition) is 19. The molecule has 0 heterocycles. The molecule has 0 radical (unpaired) electrons. The van der Waals surface area contributed by atoms with Crippen molar-refractivity contribution in [3.8, 4) is 23.0 Å². The zero-order valence-corrected chi connectivity index (χ0v) is 52.3. The fraction of sp³-hybridized carbons (Fsp3) is 0.379. The van der Waals surface area contributed by atoms with E-state index in [0.717, 1.165) is 0 Å². The average Bonchev–Trinajstić information content (AvgIpc) is 0.903. The van der Waals surface area contributed by atoms with Crippen molar-refractivity contribution >= 4 is 99.5 Å². The summed E-state index contributed by atoms with van der Waals surface area (Å²) in [5.74, 6) is -5.58. The third-order valence-corrected chi connectivity index (χ3v) is 13.5. The molecule has 0 saturated heterocycles. The Morgan fingerprint density at radius 3 is 1.10 bits per heavy atom. The molecule has 35 nitrogen and oxygen atoms in total. The molecule has 0 bridgehead atoms. The van der Waals surface area contributed by atoms with E-state index in [0.29, 0.717) is 6.42 Å². The van der Waals surface area contributed by atoms with Crippen LogP contribution in [-0.4, -0.2) is 156 Å². The number of guanidine groups is 4. The van der Waals surface area contributed by atoms with Crippen LogP contribution in [0.3, 0.4) is 0 Å². The molecule has 93 heavy (non-hydrogen) atoms. The number of hydrazine groups is 1. The Kier molecular flexibility index (Phi) is 30.0. The second kappa shape index (κ2) is 37.6. The number of nitrogens with zero attached hydrogens (tertiary/aromatic N) is 4. The van der Waals surface area contributed by atoms with Crippen molar-refractivity contribution in [2.24, 2.45) is 77.3 Å². The average molecular weight is 1300 g/mol. The van der Waals surface area contributed by atoms with E-state index in [1.54, 1.807) is 0 Å². The number of carbonyl (C=O) groups is 8. The van der Waals surface area contributed by atoms with Crippen LogP contribution in [0.15, 0.2) is 92.8 Å². The first-order valence-corrected chi connectivity index (χ1v) is 28.9. The minimum absolute atomic E-state index is 0.00478. The highest BCUT2D eigenvalue weighted by Gasteiger charge is 2.29. The number of hydrogen-bond acceptors (Lipinski definition) is 19. The lowest BCUT2D eigenvalue weighted by Gasteiger charge is -2.23. The van der Waals surface area contributed by atoms with E-state index in [4.69, 9.17) is 76.3 Å². The van der Waals surface area contributed by atoms with Gasteiger partial charge >= 0.3 is 0 Å². The van der Waals surface area contributed by atoms with Crippen LogP contribution >= 0.6 is 0 Å². The van der Waals surface area contributed by atoms with Gasteiger partial charge in [-0.15, -0.1) is 0 Å². The summed E-state index contributed by atoms with van der Waals surface area (Å²) in [4.78, 5) is 125. The van der Waals surface area contributed by atoms with E-state index in [1.807, 2.05) is 0 Å². The van der Waals surface area contributed by atoms with Gasteiger partial charge in [-0.1, -0.05) is 0 Å². The monoisotopic (exact) mass is 1300 g/mol. The maximum atomic E-state index is 14.2. The van der Waals surface area contributed by atoms with E-state index in [2.05, 4.69) is 68.0 Å². The third-order valence-electron chi connectivity index (χ3n) is 13.5. The zero-order valence-electron chi connectivity index (χ0n) is 52.3. The molecule has 504 valence electrons. The molecular weight excluding hydrogens is 1210 g/mol. The van der Waals surface area contributed by atoms with Gasteiger partial charge in [-0.05, 0) is 131 Å². The topological polar surface area (TPSA) is 591 Å². The fourth-order valence-corrected chi connectivity index (χ4v) is 8.70. The van der Waals surface area contributed by atoms with Crippen LogP contribution in [0.4, 0.5) is 28.4 Å². The van der Waals surface area contributed by atoms with Crippen LogP contribution in [0.1, 0.15) is 89.4 Å². The lowest BCUT2D eigenvalue weighted by atomic mass is 10.1. The predicted molar refractivity (Wildman–Crippen MR) is 353 cm³/mol. The highest BCUT2D eigenvalue weighted by atomic mass is 16.5. The fourth-order valence-electron chi connectivity index (χ4n) is 8.70. The summed E-state index contributed by atoms with van der Waals surface area (Å²) in [6.07, 6.45) is 1.50. The summed E-state index contributed by atoms with van der Waals surface area (Å²) >= 11 is 0. The summed E-state index contributed by atoms with van der Waals surface area (Å²) in [7, 11) is 5.40. The molecule has 0 spiro atoms. The number of carbonyl (C=O) groups excluding carboxylic acids is 8. The summed E-state index contributed by atoms with van der Waals surface area (Å²) in [5, 5.41) is 19.1. The Morgan fingerprint density at radius 1 is 0.409 bits per heavy atom. The van der Waals surface area contributed by atoms with Crippen LogP contribution in [0.2, 0.25) is 0 Å². The van der Waals surface area contributed by atoms with Crippen molar-refractivity contribution in [1.29, 1.82) is 0 Å². The Bertz CT molecular complexity index is 3380. The van der Waals surface area contributed by atoms with Crippen molar-refractivity contribution in [3.63, 3.8) is 0 Å². The highest BCUT2D eigenvalue weighted by Crippen LogP contribution is 2.29. The van der Waals surface area contributed by atoms with Gasteiger partial charge in [-0.2, -0.15) is 0 Å². The Labute approximate surface area is 536 Å². The molecule has 4 rings (SSSR count). The Morgan fingerprint density at radius 2 is 0.731 bits per heavy atom. The van der Waals surface area contributed by atoms with Crippen molar-refractivity contribution in [2.75, 3.05) is 81.3 Å². The number of ether oxygens (including phenoxy) is 4. The number of benzene rings is 4. The van der Waals surface area contributed by atoms with E-state index >= 15 is 0 Å². The number of amides is 8. The van der Waals surface area contributed by atoms with Crippen LogP contribution in [-0.2, 0) is 24.0 Å². The standard InChI is InChI=1S/C58H85N23O12/c1-30(80-81-42-29-34(17-21-46(42)93-5)76-54(89)41(13-9-25-72-58(67)68)79-49(84)36-27-32(15-19-44(36)91-3)73-51(86)38(59)10-6-22-69-55(61)62)48(83)77-39(11-7-23-70-56(63)64)52(87)75-33-16-20-45(92-4)37(28-33)50(85)78-40(12-8-24-71-57(65)66)53(88)74-31-14-18-43(90-2)35(26-31)47(60)82/h14-21,26-30,38-41,80-81H,6-13,22-25,59H2,1-5H3,(H2,60,82)(H,73,86)(H,74,88)(H,75,87)(H,76,89)(H,77,83)(H,78,85)(H,79,84)(H4,61,62,69)(H4,63,64,70)(H4,65,66,71)(H4,67,68,72)/t30-,38+,39+,40+,41+/m0/s1. The van der Waals surface area contributed by atoms with E-state index in [9.17, 15) is 38.4 Å². The first-order chi connectivity index (χ1) is 44.3. The van der Waals surface area contributed by atoms with Gasteiger partial charge < -0.3 is 119 Å². The zero-order chi connectivity index (χ0) is 68.7. The number of anilines is 5. The first kappa shape index (κ1) is 74.1. The first-order valence-electron chi connectivity index (χ1n) is 28.9. The molecule has 8 amide bonds. The van der Waals surface area contributed by atoms with Crippen molar-refractivity contribution in [1.82, 2.24) is 21.4 Å². The van der Waals surface area contributed by atoms with Gasteiger partial charge in [0.15, 0.2) is 23.8 Å². The van der Waals surface area contributed by atoms with E-state index < -0.39 is 77.5 Å². The van der Waals surface area contributed by atoms with Crippen LogP contribution < -0.4 is 124 Å². The number of methoxy groups -OCH3 is 4. The maximum Gasteiger partial charge on any atom is 0.255 e. The second-order valence-electron chi connectivity index (χ2n) is 20.5. The van der Waals surface area contributed by atoms with Crippen LogP contribution in [0, 0.1) is 0 Å². The minimum atomic E-state index is -1.23. The quantitative estimate of drug-likeness (QED) is 0.0102. The van der Waals surface area contributed by atoms with Gasteiger partial charge in [0.05, 0.1) is 56.9 Å².